The Kier molecular flexibility index (Phi) is 4.49. The van der Waals surface area contributed by atoms with E-state index in [9.17, 15) is 13.6 Å². The van der Waals surface area contributed by atoms with Gasteiger partial charge in [-0.2, -0.15) is 0 Å². The molecule has 1 aromatic carbocycles. The number of nitrogens with zero attached hydrogens (tertiary/aromatic N) is 1. The highest BCUT2D eigenvalue weighted by Crippen LogP contribution is 2.24. The lowest BCUT2D eigenvalue weighted by Gasteiger charge is -2.33. The number of rotatable bonds is 2. The minimum Gasteiger partial charge on any atom is -0.370 e. The highest BCUT2D eigenvalue weighted by Gasteiger charge is 2.27. The Morgan fingerprint density at radius 2 is 2.15 bits per heavy atom. The van der Waals surface area contributed by atoms with Gasteiger partial charge in [0.15, 0.2) is 5.83 Å². The van der Waals surface area contributed by atoms with Crippen LogP contribution in [0.2, 0.25) is 0 Å². The average molecular weight is 281 g/mol. The highest BCUT2D eigenvalue weighted by atomic mass is 19.1. The van der Waals surface area contributed by atoms with Gasteiger partial charge in [0.05, 0.1) is 13.2 Å². The zero-order valence-electron chi connectivity index (χ0n) is 11.5. The van der Waals surface area contributed by atoms with Crippen molar-refractivity contribution in [3.05, 3.63) is 47.0 Å². The summed E-state index contributed by atoms with van der Waals surface area (Å²) in [5, 5.41) is 0. The van der Waals surface area contributed by atoms with E-state index in [-0.39, 0.29) is 12.4 Å². The Morgan fingerprint density at radius 1 is 1.40 bits per heavy atom. The lowest BCUT2D eigenvalue weighted by atomic mass is 10.1. The van der Waals surface area contributed by atoms with Gasteiger partial charge in [0, 0.05) is 6.54 Å². The third-order valence-corrected chi connectivity index (χ3v) is 3.20. The van der Waals surface area contributed by atoms with Gasteiger partial charge >= 0.3 is 0 Å². The van der Waals surface area contributed by atoms with Crippen molar-refractivity contribution in [3.63, 3.8) is 0 Å². The Labute approximate surface area is 116 Å². The number of carbonyl (C=O) groups excluding carboxylic acids is 1. The number of allylic oxidation sites excluding steroid dienone is 1. The van der Waals surface area contributed by atoms with E-state index >= 15 is 0 Å². The van der Waals surface area contributed by atoms with E-state index in [1.165, 1.54) is 17.0 Å². The molecule has 108 valence electrons. The zero-order valence-corrected chi connectivity index (χ0v) is 11.5. The van der Waals surface area contributed by atoms with Gasteiger partial charge in [0.1, 0.15) is 11.9 Å². The van der Waals surface area contributed by atoms with Crippen LogP contribution in [0, 0.1) is 5.82 Å². The monoisotopic (exact) mass is 281 g/mol. The SMILES string of the molecule is CC(C)=C(F)C(=O)N1CCO[C@H](c2cccc(F)c2)C1. The molecule has 5 heteroatoms. The summed E-state index contributed by atoms with van der Waals surface area (Å²) < 4.78 is 32.4. The molecule has 0 N–H and O–H groups in total. The predicted molar refractivity (Wildman–Crippen MR) is 71.2 cm³/mol. The van der Waals surface area contributed by atoms with Crippen molar-refractivity contribution in [3.8, 4) is 0 Å². The van der Waals surface area contributed by atoms with Crippen molar-refractivity contribution in [2.24, 2.45) is 0 Å². The van der Waals surface area contributed by atoms with E-state index in [0.717, 1.165) is 0 Å². The molecule has 0 spiro atoms. The van der Waals surface area contributed by atoms with E-state index in [1.54, 1.807) is 26.0 Å². The summed E-state index contributed by atoms with van der Waals surface area (Å²) in [7, 11) is 0. The Hall–Kier alpha value is -1.75. The van der Waals surface area contributed by atoms with Crippen LogP contribution in [0.3, 0.4) is 0 Å². The third-order valence-electron chi connectivity index (χ3n) is 3.20. The summed E-state index contributed by atoms with van der Waals surface area (Å²) in [6.45, 7) is 3.98. The van der Waals surface area contributed by atoms with Crippen molar-refractivity contribution in [1.82, 2.24) is 4.90 Å². The fraction of sp³-hybridized carbons (Fsp3) is 0.400. The van der Waals surface area contributed by atoms with Crippen molar-refractivity contribution in [2.45, 2.75) is 20.0 Å². The van der Waals surface area contributed by atoms with Crippen LogP contribution in [0.25, 0.3) is 0 Å². The van der Waals surface area contributed by atoms with E-state index in [4.69, 9.17) is 4.74 Å². The molecule has 1 saturated heterocycles. The fourth-order valence-electron chi connectivity index (χ4n) is 2.09. The smallest absolute Gasteiger partial charge is 0.282 e. The molecule has 2 rings (SSSR count). The molecular weight excluding hydrogens is 264 g/mol. The minimum atomic E-state index is -0.732. The van der Waals surface area contributed by atoms with Gasteiger partial charge in [-0.1, -0.05) is 12.1 Å². The van der Waals surface area contributed by atoms with Gasteiger partial charge < -0.3 is 9.64 Å². The number of benzene rings is 1. The zero-order chi connectivity index (χ0) is 14.7. The molecule has 0 aliphatic carbocycles. The van der Waals surface area contributed by atoms with Gasteiger partial charge in [0.2, 0.25) is 0 Å². The van der Waals surface area contributed by atoms with Gasteiger partial charge in [-0.25, -0.2) is 8.78 Å². The summed E-state index contributed by atoms with van der Waals surface area (Å²) in [5.74, 6) is -1.72. The molecule has 20 heavy (non-hydrogen) atoms. The molecule has 0 aromatic heterocycles. The number of halogens is 2. The van der Waals surface area contributed by atoms with E-state index in [0.29, 0.717) is 24.3 Å². The summed E-state index contributed by atoms with van der Waals surface area (Å²) in [6.07, 6.45) is -0.423. The number of carbonyl (C=O) groups is 1. The molecule has 3 nitrogen and oxygen atoms in total. The Balaban J connectivity index is 2.13. The van der Waals surface area contributed by atoms with Crippen LogP contribution in [-0.4, -0.2) is 30.5 Å². The van der Waals surface area contributed by atoms with Gasteiger partial charge in [-0.05, 0) is 37.1 Å². The normalized spacial score (nSPS) is 18.8. The van der Waals surface area contributed by atoms with Crippen molar-refractivity contribution < 1.29 is 18.3 Å². The molecular formula is C15H17F2NO2. The Morgan fingerprint density at radius 3 is 2.80 bits per heavy atom. The van der Waals surface area contributed by atoms with Crippen molar-refractivity contribution in [1.29, 1.82) is 0 Å². The highest BCUT2D eigenvalue weighted by molar-refractivity contribution is 5.91. The van der Waals surface area contributed by atoms with Gasteiger partial charge in [-0.3, -0.25) is 4.79 Å². The van der Waals surface area contributed by atoms with Crippen LogP contribution < -0.4 is 0 Å². The van der Waals surface area contributed by atoms with E-state index in [2.05, 4.69) is 0 Å². The maximum atomic E-state index is 13.7. The van der Waals surface area contributed by atoms with Crippen LogP contribution in [0.4, 0.5) is 8.78 Å². The largest absolute Gasteiger partial charge is 0.370 e. The summed E-state index contributed by atoms with van der Waals surface area (Å²) in [5.41, 5.74) is 1.00. The van der Waals surface area contributed by atoms with Crippen LogP contribution in [0.1, 0.15) is 25.5 Å². The van der Waals surface area contributed by atoms with Crippen LogP contribution in [0.5, 0.6) is 0 Å². The maximum absolute atomic E-state index is 13.7. The lowest BCUT2D eigenvalue weighted by Crippen LogP contribution is -2.42. The van der Waals surface area contributed by atoms with Crippen molar-refractivity contribution in [2.75, 3.05) is 19.7 Å². The maximum Gasteiger partial charge on any atom is 0.282 e. The minimum absolute atomic E-state index is 0.225. The molecule has 0 bridgehead atoms. The predicted octanol–water partition coefficient (Wildman–Crippen LogP) is 2.99. The standard InChI is InChI=1S/C15H17F2NO2/c1-10(2)14(17)15(19)18-6-7-20-13(9-18)11-4-3-5-12(16)8-11/h3-5,8,13H,6-7,9H2,1-2H3/t13-/m0/s1. The molecule has 1 fully saturated rings. The number of ether oxygens (including phenoxy) is 1. The first-order valence-electron chi connectivity index (χ1n) is 6.48. The number of morpholine rings is 1. The molecule has 1 aliphatic heterocycles. The Bertz CT molecular complexity index is 538. The third kappa shape index (κ3) is 3.22. The topological polar surface area (TPSA) is 29.5 Å². The molecule has 0 saturated carbocycles. The van der Waals surface area contributed by atoms with Crippen LogP contribution >= 0.6 is 0 Å². The summed E-state index contributed by atoms with van der Waals surface area (Å²) >= 11 is 0. The molecule has 1 aliphatic rings. The first kappa shape index (κ1) is 14.7. The molecule has 1 aromatic rings. The molecule has 1 atom stereocenters. The summed E-state index contributed by atoms with van der Waals surface area (Å²) in [4.78, 5) is 13.4. The average Bonchev–Trinajstić information content (AvgIpc) is 2.45. The van der Waals surface area contributed by atoms with Crippen LogP contribution in [-0.2, 0) is 9.53 Å². The molecule has 1 heterocycles. The first-order chi connectivity index (χ1) is 9.49. The summed E-state index contributed by atoms with van der Waals surface area (Å²) in [6, 6.07) is 6.04. The lowest BCUT2D eigenvalue weighted by molar-refractivity contribution is -0.136. The second-order valence-corrected chi connectivity index (χ2v) is 4.98. The second kappa shape index (κ2) is 6.13. The van der Waals surface area contributed by atoms with E-state index < -0.39 is 17.8 Å². The van der Waals surface area contributed by atoms with Crippen LogP contribution in [0.15, 0.2) is 35.7 Å². The quantitative estimate of drug-likeness (QED) is 0.780. The van der Waals surface area contributed by atoms with Gasteiger partial charge in [-0.15, -0.1) is 0 Å². The molecule has 0 unspecified atom stereocenters. The van der Waals surface area contributed by atoms with Gasteiger partial charge in [0.25, 0.3) is 5.91 Å². The number of amides is 1. The second-order valence-electron chi connectivity index (χ2n) is 4.98. The fourth-order valence-corrected chi connectivity index (χ4v) is 2.09. The molecule has 0 radical (unpaired) electrons. The number of hydrogen-bond donors (Lipinski definition) is 0. The first-order valence-corrected chi connectivity index (χ1v) is 6.48. The van der Waals surface area contributed by atoms with Crippen molar-refractivity contribution >= 4 is 5.91 Å². The molecule has 1 amide bonds. The van der Waals surface area contributed by atoms with E-state index in [1.807, 2.05) is 0 Å². The number of hydrogen-bond acceptors (Lipinski definition) is 2.